The van der Waals surface area contributed by atoms with Gasteiger partial charge in [0.1, 0.15) is 11.5 Å². The van der Waals surface area contributed by atoms with Crippen LogP contribution in [0.5, 0.6) is 11.5 Å². The Balaban J connectivity index is 2.02. The molecule has 0 radical (unpaired) electrons. The summed E-state index contributed by atoms with van der Waals surface area (Å²) >= 11 is 10.2. The number of hydrogen-bond acceptors (Lipinski definition) is 3. The van der Waals surface area contributed by atoms with Crippen LogP contribution in [0, 0.1) is 13.8 Å². The Labute approximate surface area is 154 Å². The van der Waals surface area contributed by atoms with Gasteiger partial charge in [0.2, 0.25) is 0 Å². The lowest BCUT2D eigenvalue weighted by Gasteiger charge is -2.12. The molecule has 0 aliphatic heterocycles. The molecule has 6 heteroatoms. The van der Waals surface area contributed by atoms with E-state index < -0.39 is 5.97 Å². The fourth-order valence-corrected chi connectivity index (χ4v) is 3.78. The molecule has 2 aromatic rings. The molecule has 0 saturated carbocycles. The Bertz CT molecular complexity index is 691. The average Bonchev–Trinajstić information content (AvgIpc) is 2.42. The zero-order valence-electron chi connectivity index (χ0n) is 12.0. The van der Waals surface area contributed by atoms with Crippen LogP contribution in [0.1, 0.15) is 11.1 Å². The second-order valence-corrected chi connectivity index (χ2v) is 7.39. The fraction of sp³-hybridized carbons (Fsp3) is 0.188. The summed E-state index contributed by atoms with van der Waals surface area (Å²) < 4.78 is 13.5. The van der Waals surface area contributed by atoms with Crippen molar-refractivity contribution in [1.29, 1.82) is 0 Å². The van der Waals surface area contributed by atoms with Crippen molar-refractivity contribution in [2.24, 2.45) is 0 Å². The number of carbonyl (C=O) groups excluding carboxylic acids is 1. The molecule has 0 bridgehead atoms. The number of aryl methyl sites for hydroxylation is 2. The van der Waals surface area contributed by atoms with Gasteiger partial charge in [-0.15, -0.1) is 0 Å². The molecule has 116 valence electrons. The van der Waals surface area contributed by atoms with E-state index in [2.05, 4.69) is 47.8 Å². The maximum Gasteiger partial charge on any atom is 0.349 e. The van der Waals surface area contributed by atoms with E-state index in [1.54, 1.807) is 6.07 Å². The number of carbonyl (C=O) groups is 1. The van der Waals surface area contributed by atoms with Gasteiger partial charge in [-0.2, -0.15) is 0 Å². The fourth-order valence-electron chi connectivity index (χ4n) is 1.93. The zero-order chi connectivity index (χ0) is 16.3. The molecule has 0 amide bonds. The van der Waals surface area contributed by atoms with E-state index in [-0.39, 0.29) is 6.61 Å². The van der Waals surface area contributed by atoms with Crippen LogP contribution < -0.4 is 9.47 Å². The van der Waals surface area contributed by atoms with Crippen molar-refractivity contribution in [3.8, 4) is 11.5 Å². The molecule has 2 rings (SSSR count). The highest BCUT2D eigenvalue weighted by atomic mass is 79.9. The third-order valence-corrected chi connectivity index (χ3v) is 4.45. The first kappa shape index (κ1) is 17.5. The number of esters is 1. The first-order valence-corrected chi connectivity index (χ1v) is 8.80. The standard InChI is InChI=1S/C16H13Br3O3/c1-9-5-12(18)6-10(2)16(9)22-15(20)8-21-14-4-3-11(17)7-13(14)19/h3-7H,8H2,1-2H3. The average molecular weight is 493 g/mol. The molecule has 0 aliphatic rings. The molecule has 0 saturated heterocycles. The highest BCUT2D eigenvalue weighted by Crippen LogP contribution is 2.29. The summed E-state index contributed by atoms with van der Waals surface area (Å²) in [4.78, 5) is 12.0. The van der Waals surface area contributed by atoms with Gasteiger partial charge in [-0.05, 0) is 71.2 Å². The summed E-state index contributed by atoms with van der Waals surface area (Å²) in [5.74, 6) is 0.722. The SMILES string of the molecule is Cc1cc(Br)cc(C)c1OC(=O)COc1ccc(Br)cc1Br. The maximum absolute atomic E-state index is 12.0. The van der Waals surface area contributed by atoms with E-state index in [4.69, 9.17) is 9.47 Å². The number of hydrogen-bond donors (Lipinski definition) is 0. The van der Waals surface area contributed by atoms with Gasteiger partial charge in [0.25, 0.3) is 0 Å². The van der Waals surface area contributed by atoms with Crippen molar-refractivity contribution < 1.29 is 14.3 Å². The van der Waals surface area contributed by atoms with Gasteiger partial charge in [0.15, 0.2) is 6.61 Å². The van der Waals surface area contributed by atoms with Gasteiger partial charge in [-0.25, -0.2) is 4.79 Å². The minimum Gasteiger partial charge on any atom is -0.481 e. The van der Waals surface area contributed by atoms with Crippen LogP contribution in [-0.2, 0) is 4.79 Å². The van der Waals surface area contributed by atoms with Crippen LogP contribution in [0.25, 0.3) is 0 Å². The zero-order valence-corrected chi connectivity index (χ0v) is 16.7. The summed E-state index contributed by atoms with van der Waals surface area (Å²) in [5, 5.41) is 0. The van der Waals surface area contributed by atoms with E-state index in [9.17, 15) is 4.79 Å². The molecule has 2 aromatic carbocycles. The number of rotatable bonds is 4. The Kier molecular flexibility index (Phi) is 6.06. The lowest BCUT2D eigenvalue weighted by atomic mass is 10.1. The second kappa shape index (κ2) is 7.62. The quantitative estimate of drug-likeness (QED) is 0.413. The molecule has 3 nitrogen and oxygen atoms in total. The van der Waals surface area contributed by atoms with E-state index in [0.717, 1.165) is 24.5 Å². The van der Waals surface area contributed by atoms with Gasteiger partial charge >= 0.3 is 5.97 Å². The Morgan fingerprint density at radius 2 is 1.64 bits per heavy atom. The molecule has 0 fully saturated rings. The van der Waals surface area contributed by atoms with Gasteiger partial charge in [-0.1, -0.05) is 31.9 Å². The minimum absolute atomic E-state index is 0.158. The predicted octanol–water partition coefficient (Wildman–Crippen LogP) is 5.58. The summed E-state index contributed by atoms with van der Waals surface area (Å²) in [7, 11) is 0. The van der Waals surface area contributed by atoms with Crippen LogP contribution in [-0.4, -0.2) is 12.6 Å². The molecule has 0 N–H and O–H groups in total. The van der Waals surface area contributed by atoms with Gasteiger partial charge in [0, 0.05) is 8.95 Å². The highest BCUT2D eigenvalue weighted by Gasteiger charge is 2.12. The van der Waals surface area contributed by atoms with Crippen LogP contribution in [0.15, 0.2) is 43.7 Å². The molecule has 0 aromatic heterocycles. The second-order valence-electron chi connectivity index (χ2n) is 4.71. The summed E-state index contributed by atoms with van der Waals surface area (Å²) in [6.07, 6.45) is 0. The molecule has 22 heavy (non-hydrogen) atoms. The van der Waals surface area contributed by atoms with Crippen molar-refractivity contribution in [3.05, 3.63) is 54.9 Å². The van der Waals surface area contributed by atoms with E-state index in [1.807, 2.05) is 38.1 Å². The molecule has 0 unspecified atom stereocenters. The lowest BCUT2D eigenvalue weighted by molar-refractivity contribution is -0.136. The van der Waals surface area contributed by atoms with E-state index in [1.165, 1.54) is 0 Å². The topological polar surface area (TPSA) is 35.5 Å². The largest absolute Gasteiger partial charge is 0.481 e. The van der Waals surface area contributed by atoms with Crippen molar-refractivity contribution in [3.63, 3.8) is 0 Å². The maximum atomic E-state index is 12.0. The normalized spacial score (nSPS) is 10.4. The molecular formula is C16H13Br3O3. The summed E-state index contributed by atoms with van der Waals surface area (Å²) in [6, 6.07) is 9.28. The lowest BCUT2D eigenvalue weighted by Crippen LogP contribution is -2.18. The monoisotopic (exact) mass is 490 g/mol. The number of halogens is 3. The predicted molar refractivity (Wildman–Crippen MR) is 96.6 cm³/mol. The molecule has 0 atom stereocenters. The van der Waals surface area contributed by atoms with Crippen LogP contribution in [0.2, 0.25) is 0 Å². The number of benzene rings is 2. The van der Waals surface area contributed by atoms with Crippen molar-refractivity contribution >= 4 is 53.8 Å². The van der Waals surface area contributed by atoms with E-state index >= 15 is 0 Å². The molecule has 0 heterocycles. The van der Waals surface area contributed by atoms with Gasteiger partial charge < -0.3 is 9.47 Å². The molecular weight excluding hydrogens is 480 g/mol. The summed E-state index contributed by atoms with van der Waals surface area (Å²) in [5.41, 5.74) is 1.79. The van der Waals surface area contributed by atoms with Crippen molar-refractivity contribution in [2.45, 2.75) is 13.8 Å². The third-order valence-electron chi connectivity index (χ3n) is 2.88. The van der Waals surface area contributed by atoms with Gasteiger partial charge in [0.05, 0.1) is 4.47 Å². The molecule has 0 aliphatic carbocycles. The van der Waals surface area contributed by atoms with Gasteiger partial charge in [-0.3, -0.25) is 0 Å². The van der Waals surface area contributed by atoms with Crippen LogP contribution in [0.3, 0.4) is 0 Å². The number of ether oxygens (including phenoxy) is 2. The van der Waals surface area contributed by atoms with E-state index in [0.29, 0.717) is 11.5 Å². The van der Waals surface area contributed by atoms with Crippen molar-refractivity contribution in [2.75, 3.05) is 6.61 Å². The first-order chi connectivity index (χ1) is 10.4. The molecule has 0 spiro atoms. The Hall–Kier alpha value is -0.850. The highest BCUT2D eigenvalue weighted by molar-refractivity contribution is 9.11. The Morgan fingerprint density at radius 3 is 2.23 bits per heavy atom. The van der Waals surface area contributed by atoms with Crippen LogP contribution >= 0.6 is 47.8 Å². The third kappa shape index (κ3) is 4.57. The Morgan fingerprint density at radius 1 is 1.00 bits per heavy atom. The summed E-state index contributed by atoms with van der Waals surface area (Å²) in [6.45, 7) is 3.63. The van der Waals surface area contributed by atoms with Crippen molar-refractivity contribution in [1.82, 2.24) is 0 Å². The smallest absolute Gasteiger partial charge is 0.349 e. The minimum atomic E-state index is -0.441. The van der Waals surface area contributed by atoms with Crippen LogP contribution in [0.4, 0.5) is 0 Å². The first-order valence-electron chi connectivity index (χ1n) is 6.42.